The number of aromatic nitrogens is 3. The maximum absolute atomic E-state index is 13.2. The predicted octanol–water partition coefficient (Wildman–Crippen LogP) is 3.62. The summed E-state index contributed by atoms with van der Waals surface area (Å²) in [5, 5.41) is 16.8. The molecular formula is C24H21FN6O. The molecule has 3 N–H and O–H groups in total. The molecule has 0 aliphatic carbocycles. The number of anilines is 1. The number of nitriles is 1. The van der Waals surface area contributed by atoms with Gasteiger partial charge in [-0.2, -0.15) is 10.4 Å². The Bertz CT molecular complexity index is 1250. The van der Waals surface area contributed by atoms with E-state index in [9.17, 15) is 14.4 Å². The quantitative estimate of drug-likeness (QED) is 0.439. The molecule has 0 fully saturated rings. The summed E-state index contributed by atoms with van der Waals surface area (Å²) in [4.78, 5) is 12.4. The van der Waals surface area contributed by atoms with Crippen molar-refractivity contribution in [3.63, 3.8) is 0 Å². The topological polar surface area (TPSA) is 102 Å². The molecule has 160 valence electrons. The van der Waals surface area contributed by atoms with E-state index in [-0.39, 0.29) is 17.5 Å². The number of rotatable bonds is 7. The highest BCUT2D eigenvalue weighted by molar-refractivity contribution is 5.94. The van der Waals surface area contributed by atoms with Gasteiger partial charge in [0.15, 0.2) is 0 Å². The van der Waals surface area contributed by atoms with Crippen molar-refractivity contribution >= 4 is 11.7 Å². The van der Waals surface area contributed by atoms with Crippen molar-refractivity contribution in [2.45, 2.75) is 12.8 Å². The van der Waals surface area contributed by atoms with Crippen molar-refractivity contribution in [2.75, 3.05) is 12.3 Å². The molecular weight excluding hydrogens is 407 g/mol. The molecule has 1 amide bonds. The number of nitrogens with zero attached hydrogens (tertiary/aromatic N) is 4. The molecule has 0 spiro atoms. The predicted molar refractivity (Wildman–Crippen MR) is 119 cm³/mol. The second kappa shape index (κ2) is 9.18. The van der Waals surface area contributed by atoms with E-state index >= 15 is 0 Å². The molecule has 0 aliphatic rings. The van der Waals surface area contributed by atoms with Crippen molar-refractivity contribution in [1.82, 2.24) is 19.7 Å². The minimum Gasteiger partial charge on any atom is -0.382 e. The third-order valence-electron chi connectivity index (χ3n) is 5.08. The summed E-state index contributed by atoms with van der Waals surface area (Å²) >= 11 is 0. The van der Waals surface area contributed by atoms with Crippen molar-refractivity contribution in [2.24, 2.45) is 0 Å². The van der Waals surface area contributed by atoms with Gasteiger partial charge >= 0.3 is 0 Å². The Morgan fingerprint density at radius 2 is 1.72 bits per heavy atom. The molecule has 8 heteroatoms. The third kappa shape index (κ3) is 4.37. The zero-order valence-corrected chi connectivity index (χ0v) is 17.2. The Balaban J connectivity index is 1.35. The molecule has 7 nitrogen and oxygen atoms in total. The van der Waals surface area contributed by atoms with E-state index in [2.05, 4.69) is 16.5 Å². The normalized spacial score (nSPS) is 10.6. The average molecular weight is 428 g/mol. The summed E-state index contributed by atoms with van der Waals surface area (Å²) in [6, 6.07) is 19.0. The summed E-state index contributed by atoms with van der Waals surface area (Å²) in [6.07, 6.45) is 4.93. The van der Waals surface area contributed by atoms with Crippen molar-refractivity contribution in [1.29, 1.82) is 5.26 Å². The number of carbonyl (C=O) groups is 1. The number of nitrogen functional groups attached to an aromatic ring is 1. The van der Waals surface area contributed by atoms with Crippen LogP contribution in [0.5, 0.6) is 0 Å². The summed E-state index contributed by atoms with van der Waals surface area (Å²) in [7, 11) is 0. The smallest absolute Gasteiger partial charge is 0.251 e. The number of carbonyl (C=O) groups excluding carboxylic acids is 1. The van der Waals surface area contributed by atoms with Crippen LogP contribution in [0.2, 0.25) is 0 Å². The van der Waals surface area contributed by atoms with E-state index in [0.717, 1.165) is 5.69 Å². The first kappa shape index (κ1) is 20.9. The zero-order chi connectivity index (χ0) is 22.5. The van der Waals surface area contributed by atoms with E-state index in [0.29, 0.717) is 41.9 Å². The maximum atomic E-state index is 13.2. The molecule has 4 aromatic rings. The van der Waals surface area contributed by atoms with Crippen molar-refractivity contribution in [3.05, 3.63) is 95.7 Å². The number of nitrogens with two attached hydrogens (primary N) is 1. The van der Waals surface area contributed by atoms with Crippen LogP contribution in [-0.4, -0.2) is 26.8 Å². The summed E-state index contributed by atoms with van der Waals surface area (Å²) < 4.78 is 16.6. The van der Waals surface area contributed by atoms with Gasteiger partial charge in [0.05, 0.1) is 11.4 Å². The molecule has 0 atom stereocenters. The highest BCUT2D eigenvalue weighted by Crippen LogP contribution is 2.21. The van der Waals surface area contributed by atoms with Crippen LogP contribution in [-0.2, 0) is 6.42 Å². The fraction of sp³-hybridized carbons (Fsp3) is 0.125. The van der Waals surface area contributed by atoms with Gasteiger partial charge in [0.1, 0.15) is 23.3 Å². The van der Waals surface area contributed by atoms with Crippen LogP contribution in [0.4, 0.5) is 10.2 Å². The van der Waals surface area contributed by atoms with E-state index in [1.54, 1.807) is 24.3 Å². The van der Waals surface area contributed by atoms with Gasteiger partial charge in [0.25, 0.3) is 5.91 Å². The standard InChI is InChI=1S/C24H21FN6O/c25-18-7-11-20(12-8-18)31-23(27)21(16-26)22(29-31)4-3-13-28-24(32)17-5-9-19(10-6-17)30-14-1-2-15-30/h1-2,5-12,14-15H,3-4,13,27H2,(H,28,32). The lowest BCUT2D eigenvalue weighted by Gasteiger charge is -2.07. The number of nitrogens with one attached hydrogen (secondary N) is 1. The third-order valence-corrected chi connectivity index (χ3v) is 5.08. The van der Waals surface area contributed by atoms with Crippen LogP contribution in [0.3, 0.4) is 0 Å². The van der Waals surface area contributed by atoms with Crippen LogP contribution in [0.15, 0.2) is 73.1 Å². The van der Waals surface area contributed by atoms with E-state index in [1.807, 2.05) is 41.2 Å². The fourth-order valence-corrected chi connectivity index (χ4v) is 3.41. The number of benzene rings is 2. The molecule has 0 saturated heterocycles. The summed E-state index contributed by atoms with van der Waals surface area (Å²) in [5.41, 5.74) is 9.03. The minimum atomic E-state index is -0.365. The van der Waals surface area contributed by atoms with Crippen molar-refractivity contribution in [3.8, 4) is 17.4 Å². The highest BCUT2D eigenvalue weighted by atomic mass is 19.1. The second-order valence-electron chi connectivity index (χ2n) is 7.20. The van der Waals surface area contributed by atoms with Gasteiger partial charge in [-0.25, -0.2) is 9.07 Å². The molecule has 2 heterocycles. The lowest BCUT2D eigenvalue weighted by Crippen LogP contribution is -2.24. The van der Waals surface area contributed by atoms with Crippen molar-refractivity contribution < 1.29 is 9.18 Å². The molecule has 2 aromatic heterocycles. The van der Waals surface area contributed by atoms with Gasteiger partial charge in [-0.3, -0.25) is 4.79 Å². The number of aryl methyl sites for hydroxylation is 1. The van der Waals surface area contributed by atoms with E-state index in [4.69, 9.17) is 5.73 Å². The molecule has 0 aliphatic heterocycles. The minimum absolute atomic E-state index is 0.166. The first-order chi connectivity index (χ1) is 15.6. The molecule has 4 rings (SSSR count). The molecule has 0 bridgehead atoms. The summed E-state index contributed by atoms with van der Waals surface area (Å²) in [5.74, 6) is -0.322. The fourth-order valence-electron chi connectivity index (χ4n) is 3.41. The first-order valence-electron chi connectivity index (χ1n) is 10.1. The van der Waals surface area contributed by atoms with Crippen LogP contribution >= 0.6 is 0 Å². The highest BCUT2D eigenvalue weighted by Gasteiger charge is 2.16. The molecule has 0 unspecified atom stereocenters. The van der Waals surface area contributed by atoms with E-state index < -0.39 is 0 Å². The molecule has 0 radical (unpaired) electrons. The van der Waals surface area contributed by atoms with Gasteiger partial charge in [-0.15, -0.1) is 0 Å². The van der Waals surface area contributed by atoms with Crippen LogP contribution < -0.4 is 11.1 Å². The van der Waals surface area contributed by atoms with Gasteiger partial charge < -0.3 is 15.6 Å². The maximum Gasteiger partial charge on any atom is 0.251 e. The van der Waals surface area contributed by atoms with Gasteiger partial charge in [0, 0.05) is 30.2 Å². The molecule has 32 heavy (non-hydrogen) atoms. The summed E-state index contributed by atoms with van der Waals surface area (Å²) in [6.45, 7) is 0.423. The van der Waals surface area contributed by atoms with Crippen LogP contribution in [0.1, 0.15) is 28.0 Å². The van der Waals surface area contributed by atoms with Crippen LogP contribution in [0.25, 0.3) is 11.4 Å². The number of amides is 1. The average Bonchev–Trinajstić information content (AvgIpc) is 3.45. The Labute approximate surface area is 184 Å². The monoisotopic (exact) mass is 428 g/mol. The largest absolute Gasteiger partial charge is 0.382 e. The number of halogens is 1. The van der Waals surface area contributed by atoms with Gasteiger partial charge in [-0.1, -0.05) is 0 Å². The first-order valence-corrected chi connectivity index (χ1v) is 10.1. The molecule has 0 saturated carbocycles. The Kier molecular flexibility index (Phi) is 5.99. The Morgan fingerprint density at radius 1 is 1.06 bits per heavy atom. The Morgan fingerprint density at radius 3 is 2.38 bits per heavy atom. The van der Waals surface area contributed by atoms with Gasteiger partial charge in [0.2, 0.25) is 0 Å². The second-order valence-corrected chi connectivity index (χ2v) is 7.20. The number of hydrogen-bond acceptors (Lipinski definition) is 4. The lowest BCUT2D eigenvalue weighted by atomic mass is 10.1. The molecule has 2 aromatic carbocycles. The SMILES string of the molecule is N#Cc1c(CCCNC(=O)c2ccc(-n3cccc3)cc2)nn(-c2ccc(F)cc2)c1N. The Hall–Kier alpha value is -4.38. The number of hydrogen-bond donors (Lipinski definition) is 2. The zero-order valence-electron chi connectivity index (χ0n) is 17.2. The van der Waals surface area contributed by atoms with E-state index in [1.165, 1.54) is 16.8 Å². The van der Waals surface area contributed by atoms with Crippen LogP contribution in [0, 0.1) is 17.1 Å². The van der Waals surface area contributed by atoms with Gasteiger partial charge in [-0.05, 0) is 73.5 Å². The lowest BCUT2D eigenvalue weighted by molar-refractivity contribution is 0.0953.